The van der Waals surface area contributed by atoms with Gasteiger partial charge in [-0.15, -0.1) is 0 Å². The Labute approximate surface area is 151 Å². The van der Waals surface area contributed by atoms with Crippen LogP contribution in [0.15, 0.2) is 24.3 Å². The maximum Gasteiger partial charge on any atom is 0.251 e. The molecule has 25 heavy (non-hydrogen) atoms. The molecule has 1 aromatic carbocycles. The van der Waals surface area contributed by atoms with E-state index < -0.39 is 0 Å². The van der Waals surface area contributed by atoms with E-state index in [4.69, 9.17) is 4.74 Å². The molecule has 138 valence electrons. The van der Waals surface area contributed by atoms with Crippen LogP contribution in [-0.4, -0.2) is 37.2 Å². The molecular formula is C21H33N2O2+. The van der Waals surface area contributed by atoms with Crippen molar-refractivity contribution in [2.45, 2.75) is 71.0 Å². The lowest BCUT2D eigenvalue weighted by Gasteiger charge is -2.46. The van der Waals surface area contributed by atoms with E-state index in [1.807, 2.05) is 31.2 Å². The fraction of sp³-hybridized carbons (Fsp3) is 0.667. The average molecular weight is 346 g/mol. The molecule has 0 aliphatic carbocycles. The summed E-state index contributed by atoms with van der Waals surface area (Å²) in [7, 11) is 0. The topological polar surface area (TPSA) is 42.8 Å². The molecule has 2 fully saturated rings. The summed E-state index contributed by atoms with van der Waals surface area (Å²) in [6.45, 7) is 8.52. The lowest BCUT2D eigenvalue weighted by molar-refractivity contribution is -0.963. The summed E-state index contributed by atoms with van der Waals surface area (Å²) in [6.07, 6.45) is 6.24. The molecule has 3 rings (SSSR count). The van der Waals surface area contributed by atoms with Gasteiger partial charge < -0.3 is 15.0 Å². The zero-order chi connectivity index (χ0) is 17.8. The molecule has 0 radical (unpaired) electrons. The third kappa shape index (κ3) is 4.55. The number of hydrogen-bond acceptors (Lipinski definition) is 2. The van der Waals surface area contributed by atoms with E-state index in [0.29, 0.717) is 12.6 Å². The number of fused-ring (bicyclic) bond motifs is 2. The highest BCUT2D eigenvalue weighted by molar-refractivity contribution is 5.94. The van der Waals surface area contributed by atoms with Crippen molar-refractivity contribution in [3.63, 3.8) is 0 Å². The third-order valence-corrected chi connectivity index (χ3v) is 5.70. The molecular weight excluding hydrogens is 312 g/mol. The summed E-state index contributed by atoms with van der Waals surface area (Å²) in [6, 6.07) is 9.25. The lowest BCUT2D eigenvalue weighted by Crippen LogP contribution is -3.21. The Kier molecular flexibility index (Phi) is 6.00. The van der Waals surface area contributed by atoms with Gasteiger partial charge in [-0.1, -0.05) is 13.8 Å². The molecule has 1 amide bonds. The SMILES string of the molecule is CCOc1ccc(C(=O)NC2C[C@H]3CCC[C@H](C2)[NH+]3CC(C)C)cc1. The van der Waals surface area contributed by atoms with Gasteiger partial charge in [-0.25, -0.2) is 0 Å². The number of quaternary nitrogens is 1. The van der Waals surface area contributed by atoms with Crippen molar-refractivity contribution in [3.8, 4) is 5.75 Å². The summed E-state index contributed by atoms with van der Waals surface area (Å²) in [5, 5.41) is 3.30. The number of carbonyl (C=O) groups excluding carboxylic acids is 1. The largest absolute Gasteiger partial charge is 0.494 e. The van der Waals surface area contributed by atoms with Crippen molar-refractivity contribution in [3.05, 3.63) is 29.8 Å². The molecule has 2 N–H and O–H groups in total. The lowest BCUT2D eigenvalue weighted by atomic mass is 9.81. The summed E-state index contributed by atoms with van der Waals surface area (Å²) < 4.78 is 5.45. The van der Waals surface area contributed by atoms with Crippen LogP contribution in [0.25, 0.3) is 0 Å². The van der Waals surface area contributed by atoms with Gasteiger partial charge in [0.2, 0.25) is 0 Å². The Bertz CT molecular complexity index is 556. The Morgan fingerprint density at radius 1 is 1.20 bits per heavy atom. The number of rotatable bonds is 6. The standard InChI is InChI=1S/C21H32N2O2/c1-4-25-20-10-8-16(9-11-20)21(24)22-17-12-18-6-5-7-19(13-17)23(18)14-15(2)3/h8-11,15,17-19H,4-7,12-14H2,1-3H3,(H,22,24)/p+1/t18-,19-/m1/s1. The van der Waals surface area contributed by atoms with Crippen LogP contribution in [-0.2, 0) is 0 Å². The van der Waals surface area contributed by atoms with Crippen LogP contribution in [0, 0.1) is 5.92 Å². The van der Waals surface area contributed by atoms with E-state index in [0.717, 1.165) is 42.2 Å². The van der Waals surface area contributed by atoms with Gasteiger partial charge >= 0.3 is 0 Å². The monoisotopic (exact) mass is 345 g/mol. The molecule has 0 unspecified atom stereocenters. The molecule has 0 aromatic heterocycles. The van der Waals surface area contributed by atoms with Gasteiger partial charge in [0.25, 0.3) is 5.91 Å². The van der Waals surface area contributed by atoms with Gasteiger partial charge in [0.1, 0.15) is 5.75 Å². The fourth-order valence-corrected chi connectivity index (χ4v) is 4.70. The number of piperidine rings is 2. The summed E-state index contributed by atoms with van der Waals surface area (Å²) in [4.78, 5) is 14.4. The minimum Gasteiger partial charge on any atom is -0.494 e. The average Bonchev–Trinajstić information content (AvgIpc) is 2.56. The van der Waals surface area contributed by atoms with E-state index in [9.17, 15) is 4.79 Å². The molecule has 2 saturated heterocycles. The van der Waals surface area contributed by atoms with Crippen LogP contribution in [0.5, 0.6) is 5.75 Å². The van der Waals surface area contributed by atoms with E-state index in [1.54, 1.807) is 4.90 Å². The van der Waals surface area contributed by atoms with Crippen molar-refractivity contribution in [1.29, 1.82) is 0 Å². The molecule has 0 saturated carbocycles. The van der Waals surface area contributed by atoms with Gasteiger partial charge in [-0.2, -0.15) is 0 Å². The molecule has 2 bridgehead atoms. The smallest absolute Gasteiger partial charge is 0.251 e. The van der Waals surface area contributed by atoms with Crippen molar-refractivity contribution in [1.82, 2.24) is 5.32 Å². The van der Waals surface area contributed by atoms with Crippen LogP contribution in [0.3, 0.4) is 0 Å². The first-order chi connectivity index (χ1) is 12.1. The van der Waals surface area contributed by atoms with E-state index in [2.05, 4.69) is 19.2 Å². The Morgan fingerprint density at radius 2 is 1.84 bits per heavy atom. The second-order valence-corrected chi connectivity index (χ2v) is 8.10. The maximum absolute atomic E-state index is 12.6. The van der Waals surface area contributed by atoms with E-state index >= 15 is 0 Å². The highest BCUT2D eigenvalue weighted by atomic mass is 16.5. The zero-order valence-corrected chi connectivity index (χ0v) is 15.9. The molecule has 0 spiro atoms. The molecule has 4 heteroatoms. The molecule has 2 aliphatic rings. The van der Waals surface area contributed by atoms with Gasteiger partial charge in [-0.05, 0) is 50.5 Å². The second kappa shape index (κ2) is 8.22. The Hall–Kier alpha value is -1.55. The first kappa shape index (κ1) is 18.2. The Balaban J connectivity index is 1.59. The van der Waals surface area contributed by atoms with E-state index in [1.165, 1.54) is 25.8 Å². The zero-order valence-electron chi connectivity index (χ0n) is 15.9. The van der Waals surface area contributed by atoms with Crippen molar-refractivity contribution in [2.75, 3.05) is 13.2 Å². The minimum absolute atomic E-state index is 0.0541. The maximum atomic E-state index is 12.6. The molecule has 1 aromatic rings. The van der Waals surface area contributed by atoms with Crippen LogP contribution in [0.1, 0.15) is 63.2 Å². The quantitative estimate of drug-likeness (QED) is 0.832. The van der Waals surface area contributed by atoms with Crippen molar-refractivity contribution >= 4 is 5.91 Å². The van der Waals surface area contributed by atoms with E-state index in [-0.39, 0.29) is 5.91 Å². The minimum atomic E-state index is 0.0541. The second-order valence-electron chi connectivity index (χ2n) is 8.10. The van der Waals surface area contributed by atoms with Gasteiger partial charge in [0, 0.05) is 30.4 Å². The molecule has 2 aliphatic heterocycles. The summed E-state index contributed by atoms with van der Waals surface area (Å²) >= 11 is 0. The highest BCUT2D eigenvalue weighted by Gasteiger charge is 2.42. The van der Waals surface area contributed by atoms with Gasteiger partial charge in [0.05, 0.1) is 25.2 Å². The predicted octanol–water partition coefficient (Wildman–Crippen LogP) is 2.44. The van der Waals surface area contributed by atoms with Gasteiger partial charge in [-0.3, -0.25) is 4.79 Å². The molecule has 2 atom stereocenters. The normalized spacial score (nSPS) is 28.6. The van der Waals surface area contributed by atoms with Crippen LogP contribution < -0.4 is 15.0 Å². The van der Waals surface area contributed by atoms with Crippen LogP contribution >= 0.6 is 0 Å². The summed E-state index contributed by atoms with van der Waals surface area (Å²) in [5.74, 6) is 1.62. The summed E-state index contributed by atoms with van der Waals surface area (Å²) in [5.41, 5.74) is 0.727. The number of ether oxygens (including phenoxy) is 1. The highest BCUT2D eigenvalue weighted by Crippen LogP contribution is 2.23. The van der Waals surface area contributed by atoms with Gasteiger partial charge in [0.15, 0.2) is 0 Å². The molecule has 2 heterocycles. The number of nitrogens with one attached hydrogen (secondary N) is 2. The van der Waals surface area contributed by atoms with Crippen LogP contribution in [0.4, 0.5) is 0 Å². The fourth-order valence-electron chi connectivity index (χ4n) is 4.70. The first-order valence-electron chi connectivity index (χ1n) is 9.96. The Morgan fingerprint density at radius 3 is 2.40 bits per heavy atom. The first-order valence-corrected chi connectivity index (χ1v) is 9.96. The van der Waals surface area contributed by atoms with Crippen molar-refractivity contribution < 1.29 is 14.4 Å². The number of benzene rings is 1. The van der Waals surface area contributed by atoms with Crippen molar-refractivity contribution in [2.24, 2.45) is 5.92 Å². The number of carbonyl (C=O) groups is 1. The third-order valence-electron chi connectivity index (χ3n) is 5.70. The predicted molar refractivity (Wildman–Crippen MR) is 100 cm³/mol. The number of amides is 1. The van der Waals surface area contributed by atoms with Crippen LogP contribution in [0.2, 0.25) is 0 Å². The molecule has 4 nitrogen and oxygen atoms in total. The number of hydrogen-bond donors (Lipinski definition) is 2.